The zero-order chi connectivity index (χ0) is 23.2. The summed E-state index contributed by atoms with van der Waals surface area (Å²) in [6, 6.07) is 25.7. The number of nitrogens with one attached hydrogen (secondary N) is 1. The fourth-order valence-corrected chi connectivity index (χ4v) is 3.53. The van der Waals surface area contributed by atoms with Crippen LogP contribution in [-0.2, 0) is 11.3 Å². The van der Waals surface area contributed by atoms with Crippen LogP contribution in [0.5, 0.6) is 11.5 Å². The van der Waals surface area contributed by atoms with E-state index in [9.17, 15) is 9.59 Å². The third-order valence-electron chi connectivity index (χ3n) is 5.24. The Morgan fingerprint density at radius 3 is 2.36 bits per heavy atom. The SMILES string of the molecule is COC(=O)c1ccccc1NC(=O)c1ccc(OC)c(COc2ccc3ccccc3c2)c1. The van der Waals surface area contributed by atoms with E-state index in [-0.39, 0.29) is 18.1 Å². The molecule has 0 aliphatic carbocycles. The van der Waals surface area contributed by atoms with Gasteiger partial charge >= 0.3 is 5.97 Å². The molecular weight excluding hydrogens is 418 g/mol. The topological polar surface area (TPSA) is 73.9 Å². The lowest BCUT2D eigenvalue weighted by Gasteiger charge is -2.13. The number of hydrogen-bond acceptors (Lipinski definition) is 5. The molecule has 0 radical (unpaired) electrons. The monoisotopic (exact) mass is 441 g/mol. The highest BCUT2D eigenvalue weighted by atomic mass is 16.5. The van der Waals surface area contributed by atoms with Gasteiger partial charge in [-0.2, -0.15) is 0 Å². The molecule has 4 aromatic carbocycles. The number of rotatable bonds is 7. The van der Waals surface area contributed by atoms with Crippen molar-refractivity contribution in [3.63, 3.8) is 0 Å². The largest absolute Gasteiger partial charge is 0.496 e. The Labute approximate surface area is 191 Å². The van der Waals surface area contributed by atoms with E-state index in [0.717, 1.165) is 22.1 Å². The second kappa shape index (κ2) is 9.87. The molecule has 33 heavy (non-hydrogen) atoms. The number of para-hydroxylation sites is 1. The fourth-order valence-electron chi connectivity index (χ4n) is 3.53. The molecule has 0 aliphatic rings. The minimum atomic E-state index is -0.523. The van der Waals surface area contributed by atoms with Gasteiger partial charge in [0.15, 0.2) is 0 Å². The first-order valence-electron chi connectivity index (χ1n) is 10.4. The Morgan fingerprint density at radius 1 is 0.818 bits per heavy atom. The van der Waals surface area contributed by atoms with Crippen molar-refractivity contribution in [2.75, 3.05) is 19.5 Å². The van der Waals surface area contributed by atoms with Crippen LogP contribution in [0.2, 0.25) is 0 Å². The van der Waals surface area contributed by atoms with Crippen molar-refractivity contribution >= 4 is 28.3 Å². The molecule has 4 rings (SSSR count). The zero-order valence-corrected chi connectivity index (χ0v) is 18.3. The minimum absolute atomic E-state index is 0.224. The van der Waals surface area contributed by atoms with Crippen molar-refractivity contribution in [3.05, 3.63) is 102 Å². The highest BCUT2D eigenvalue weighted by molar-refractivity contribution is 6.08. The maximum atomic E-state index is 12.9. The predicted molar refractivity (Wildman–Crippen MR) is 127 cm³/mol. The van der Waals surface area contributed by atoms with Gasteiger partial charge < -0.3 is 19.5 Å². The van der Waals surface area contributed by atoms with Gasteiger partial charge in [-0.1, -0.05) is 42.5 Å². The van der Waals surface area contributed by atoms with Gasteiger partial charge in [0.2, 0.25) is 0 Å². The molecule has 1 amide bonds. The van der Waals surface area contributed by atoms with Crippen LogP contribution in [0.15, 0.2) is 84.9 Å². The van der Waals surface area contributed by atoms with Gasteiger partial charge in [-0.3, -0.25) is 4.79 Å². The molecule has 0 unspecified atom stereocenters. The molecule has 6 heteroatoms. The van der Waals surface area contributed by atoms with Gasteiger partial charge in [-0.15, -0.1) is 0 Å². The van der Waals surface area contributed by atoms with Gasteiger partial charge in [0.25, 0.3) is 5.91 Å². The fraction of sp³-hybridized carbons (Fsp3) is 0.111. The third kappa shape index (κ3) is 4.96. The number of hydrogen-bond donors (Lipinski definition) is 1. The van der Waals surface area contributed by atoms with E-state index in [2.05, 4.69) is 5.32 Å². The Kier molecular flexibility index (Phi) is 6.55. The van der Waals surface area contributed by atoms with E-state index < -0.39 is 5.97 Å². The zero-order valence-electron chi connectivity index (χ0n) is 18.3. The molecule has 6 nitrogen and oxygen atoms in total. The highest BCUT2D eigenvalue weighted by Gasteiger charge is 2.16. The normalized spacial score (nSPS) is 10.5. The summed E-state index contributed by atoms with van der Waals surface area (Å²) in [5, 5.41) is 4.99. The maximum Gasteiger partial charge on any atom is 0.339 e. The van der Waals surface area contributed by atoms with Crippen molar-refractivity contribution in [3.8, 4) is 11.5 Å². The lowest BCUT2D eigenvalue weighted by molar-refractivity contribution is 0.0602. The average molecular weight is 441 g/mol. The summed E-state index contributed by atoms with van der Waals surface area (Å²) >= 11 is 0. The molecule has 0 fully saturated rings. The van der Waals surface area contributed by atoms with Gasteiger partial charge in [0.05, 0.1) is 25.5 Å². The predicted octanol–water partition coefficient (Wildman–Crippen LogP) is 5.47. The van der Waals surface area contributed by atoms with Crippen LogP contribution in [0.1, 0.15) is 26.3 Å². The standard InChI is InChI=1S/C27H23NO5/c1-31-25-14-12-20(26(29)28-24-10-6-5-9-23(24)27(30)32-2)15-21(25)17-33-22-13-11-18-7-3-4-8-19(18)16-22/h3-16H,17H2,1-2H3,(H,28,29). The van der Waals surface area contributed by atoms with Crippen LogP contribution >= 0.6 is 0 Å². The number of amides is 1. The van der Waals surface area contributed by atoms with Crippen molar-refractivity contribution in [2.45, 2.75) is 6.61 Å². The van der Waals surface area contributed by atoms with Crippen LogP contribution in [-0.4, -0.2) is 26.1 Å². The van der Waals surface area contributed by atoms with Gasteiger partial charge in [0, 0.05) is 11.1 Å². The summed E-state index contributed by atoms with van der Waals surface area (Å²) in [4.78, 5) is 24.9. The molecule has 4 aromatic rings. The summed E-state index contributed by atoms with van der Waals surface area (Å²) in [7, 11) is 2.87. The molecule has 0 aliphatic heterocycles. The molecule has 0 aromatic heterocycles. The lowest BCUT2D eigenvalue weighted by Crippen LogP contribution is -2.16. The number of ether oxygens (including phenoxy) is 3. The van der Waals surface area contributed by atoms with Gasteiger partial charge in [-0.25, -0.2) is 4.79 Å². The molecule has 166 valence electrons. The van der Waals surface area contributed by atoms with Crippen LogP contribution in [0.3, 0.4) is 0 Å². The highest BCUT2D eigenvalue weighted by Crippen LogP contribution is 2.25. The van der Waals surface area contributed by atoms with Crippen molar-refractivity contribution < 1.29 is 23.8 Å². The number of anilines is 1. The number of esters is 1. The molecule has 0 saturated heterocycles. The van der Waals surface area contributed by atoms with Crippen LogP contribution < -0.4 is 14.8 Å². The summed E-state index contributed by atoms with van der Waals surface area (Å²) in [6.07, 6.45) is 0. The number of carbonyl (C=O) groups excluding carboxylic acids is 2. The van der Waals surface area contributed by atoms with E-state index in [1.54, 1.807) is 49.6 Å². The Hall–Kier alpha value is -4.32. The Bertz CT molecular complexity index is 1310. The number of fused-ring (bicyclic) bond motifs is 1. The molecule has 0 atom stereocenters. The first kappa shape index (κ1) is 21.9. The van der Waals surface area contributed by atoms with Crippen LogP contribution in [0.25, 0.3) is 10.8 Å². The van der Waals surface area contributed by atoms with E-state index >= 15 is 0 Å². The molecule has 0 spiro atoms. The Morgan fingerprint density at radius 2 is 1.58 bits per heavy atom. The van der Waals surface area contributed by atoms with Crippen molar-refractivity contribution in [2.24, 2.45) is 0 Å². The maximum absolute atomic E-state index is 12.9. The van der Waals surface area contributed by atoms with Gasteiger partial charge in [0.1, 0.15) is 18.1 Å². The molecule has 1 N–H and O–H groups in total. The quantitative estimate of drug-likeness (QED) is 0.385. The first-order valence-corrected chi connectivity index (χ1v) is 10.4. The van der Waals surface area contributed by atoms with E-state index in [4.69, 9.17) is 14.2 Å². The molecule has 0 heterocycles. The number of benzene rings is 4. The molecular formula is C27H23NO5. The lowest BCUT2D eigenvalue weighted by atomic mass is 10.1. The second-order valence-corrected chi connectivity index (χ2v) is 7.32. The summed E-state index contributed by atoms with van der Waals surface area (Å²) < 4.78 is 16.2. The number of methoxy groups -OCH3 is 2. The van der Waals surface area contributed by atoms with E-state index in [1.807, 2.05) is 42.5 Å². The molecule has 0 saturated carbocycles. The minimum Gasteiger partial charge on any atom is -0.496 e. The number of carbonyl (C=O) groups is 2. The summed E-state index contributed by atoms with van der Waals surface area (Å²) in [5.41, 5.74) is 1.79. The second-order valence-electron chi connectivity index (χ2n) is 7.32. The third-order valence-corrected chi connectivity index (χ3v) is 5.24. The van der Waals surface area contributed by atoms with E-state index in [1.165, 1.54) is 7.11 Å². The summed E-state index contributed by atoms with van der Waals surface area (Å²) in [6.45, 7) is 0.224. The van der Waals surface area contributed by atoms with Crippen molar-refractivity contribution in [1.82, 2.24) is 0 Å². The van der Waals surface area contributed by atoms with Crippen LogP contribution in [0.4, 0.5) is 5.69 Å². The van der Waals surface area contributed by atoms with Gasteiger partial charge in [-0.05, 0) is 53.2 Å². The molecule has 0 bridgehead atoms. The van der Waals surface area contributed by atoms with Crippen molar-refractivity contribution in [1.29, 1.82) is 0 Å². The smallest absolute Gasteiger partial charge is 0.339 e. The summed E-state index contributed by atoms with van der Waals surface area (Å²) in [5.74, 6) is 0.450. The van der Waals surface area contributed by atoms with Crippen LogP contribution in [0, 0.1) is 0 Å². The first-order chi connectivity index (χ1) is 16.1. The van der Waals surface area contributed by atoms with E-state index in [0.29, 0.717) is 17.0 Å². The Balaban J connectivity index is 1.54. The average Bonchev–Trinajstić information content (AvgIpc) is 2.87.